The minimum absolute atomic E-state index is 0.0681. The molecule has 3 unspecified atom stereocenters. The topological polar surface area (TPSA) is 139 Å². The summed E-state index contributed by atoms with van der Waals surface area (Å²) in [6.07, 6.45) is 3.75. The average molecular weight is 588 g/mol. The van der Waals surface area contributed by atoms with Crippen molar-refractivity contribution in [3.63, 3.8) is 0 Å². The second-order valence-electron chi connectivity index (χ2n) is 10.0. The number of sulfonamides is 1. The Morgan fingerprint density at radius 3 is 2.74 bits per heavy atom. The fourth-order valence-corrected chi connectivity index (χ4v) is 7.53. The number of amides is 2. The normalized spacial score (nSPS) is 25.8. The summed E-state index contributed by atoms with van der Waals surface area (Å²) in [5, 5.41) is 13.8. The molecule has 0 bridgehead atoms. The Kier molecular flexibility index (Phi) is 9.48. The van der Waals surface area contributed by atoms with Gasteiger partial charge < -0.3 is 20.2 Å². The molecule has 3 saturated heterocycles. The molecule has 1 aromatic heterocycles. The molecule has 3 aliphatic heterocycles. The van der Waals surface area contributed by atoms with Gasteiger partial charge in [-0.25, -0.2) is 13.2 Å². The molecule has 0 aliphatic carbocycles. The van der Waals surface area contributed by atoms with Crippen LogP contribution in [0.25, 0.3) is 6.08 Å². The Labute approximate surface area is 231 Å². The predicted octanol–water partition coefficient (Wildman–Crippen LogP) is 1.66. The van der Waals surface area contributed by atoms with Crippen molar-refractivity contribution in [3.8, 4) is 0 Å². The molecule has 210 valence electrons. The van der Waals surface area contributed by atoms with Gasteiger partial charge in [-0.1, -0.05) is 11.6 Å². The Hall–Kier alpha value is -2.03. The van der Waals surface area contributed by atoms with Gasteiger partial charge in [-0.05, 0) is 56.9 Å². The molecule has 4 rings (SSSR count). The molecule has 4 atom stereocenters. The molecular weight excluding hydrogens is 554 g/mol. The standard InChI is InChI=1S/C24H34ClN5O6S2/c1-28(24(33)34)16-8-12-29(14-16)22(18-4-2-10-26-18)20(31)15-30-11-3-5-19(23(30)32)27-38(35,36)13-9-17-6-7-21(25)37-17/h6-7,9,13,16,18-19,22,26-27H,2-5,8,10-12,14-15H2,1H3,(H,33,34)/t16?,18?,19-,22?/m0/s1. The number of hydrogen-bond acceptors (Lipinski definition) is 8. The zero-order valence-corrected chi connectivity index (χ0v) is 23.6. The van der Waals surface area contributed by atoms with Gasteiger partial charge in [-0.15, -0.1) is 11.3 Å². The first-order chi connectivity index (χ1) is 18.0. The molecule has 0 saturated carbocycles. The Morgan fingerprint density at radius 1 is 1.29 bits per heavy atom. The number of carbonyl (C=O) groups excluding carboxylic acids is 2. The molecule has 14 heteroatoms. The van der Waals surface area contributed by atoms with Gasteiger partial charge >= 0.3 is 6.09 Å². The van der Waals surface area contributed by atoms with E-state index in [1.807, 2.05) is 4.90 Å². The first-order valence-electron chi connectivity index (χ1n) is 12.7. The van der Waals surface area contributed by atoms with Gasteiger partial charge in [0, 0.05) is 49.1 Å². The van der Waals surface area contributed by atoms with Crippen LogP contribution in [0.5, 0.6) is 0 Å². The summed E-state index contributed by atoms with van der Waals surface area (Å²) in [7, 11) is -2.35. The summed E-state index contributed by atoms with van der Waals surface area (Å²) >= 11 is 7.13. The second kappa shape index (κ2) is 12.4. The number of ketones is 1. The summed E-state index contributed by atoms with van der Waals surface area (Å²) < 4.78 is 28.2. The molecule has 4 heterocycles. The van der Waals surface area contributed by atoms with Crippen molar-refractivity contribution >= 4 is 56.8 Å². The van der Waals surface area contributed by atoms with E-state index in [2.05, 4.69) is 10.0 Å². The third-order valence-corrected chi connectivity index (χ3v) is 9.74. The van der Waals surface area contributed by atoms with Crippen molar-refractivity contribution in [3.05, 3.63) is 26.8 Å². The highest BCUT2D eigenvalue weighted by atomic mass is 35.5. The minimum Gasteiger partial charge on any atom is -0.465 e. The molecule has 3 aliphatic rings. The maximum absolute atomic E-state index is 13.6. The number of Topliss-reactive ketones (excluding diaryl/α,β-unsaturated/α-hetero) is 1. The third kappa shape index (κ3) is 7.13. The lowest BCUT2D eigenvalue weighted by Crippen LogP contribution is -2.58. The molecule has 3 N–H and O–H groups in total. The lowest BCUT2D eigenvalue weighted by Gasteiger charge is -2.36. The Balaban J connectivity index is 1.40. The highest BCUT2D eigenvalue weighted by Gasteiger charge is 2.41. The van der Waals surface area contributed by atoms with Crippen LogP contribution in [0.1, 0.15) is 37.0 Å². The molecule has 2 amide bonds. The van der Waals surface area contributed by atoms with E-state index in [0.29, 0.717) is 48.1 Å². The molecule has 11 nitrogen and oxygen atoms in total. The number of piperidine rings is 1. The van der Waals surface area contributed by atoms with Crippen molar-refractivity contribution < 1.29 is 27.9 Å². The molecule has 1 aromatic rings. The third-order valence-electron chi connectivity index (χ3n) is 7.44. The smallest absolute Gasteiger partial charge is 0.407 e. The van der Waals surface area contributed by atoms with Crippen LogP contribution in [-0.4, -0.2) is 110 Å². The lowest BCUT2D eigenvalue weighted by atomic mass is 9.98. The van der Waals surface area contributed by atoms with Crippen LogP contribution in [0, 0.1) is 0 Å². The van der Waals surface area contributed by atoms with Gasteiger partial charge in [-0.3, -0.25) is 14.5 Å². The van der Waals surface area contributed by atoms with E-state index in [4.69, 9.17) is 11.6 Å². The van der Waals surface area contributed by atoms with E-state index < -0.39 is 34.1 Å². The number of thiophene rings is 1. The molecule has 3 fully saturated rings. The monoisotopic (exact) mass is 587 g/mol. The molecule has 0 radical (unpaired) electrons. The largest absolute Gasteiger partial charge is 0.465 e. The van der Waals surface area contributed by atoms with E-state index in [1.54, 1.807) is 19.2 Å². The van der Waals surface area contributed by atoms with Crippen LogP contribution in [-0.2, 0) is 19.6 Å². The number of likely N-dealkylation sites (N-methyl/N-ethyl adjacent to an activating group) is 1. The maximum Gasteiger partial charge on any atom is 0.407 e. The fraction of sp³-hybridized carbons (Fsp3) is 0.625. The van der Waals surface area contributed by atoms with Crippen LogP contribution in [0.15, 0.2) is 17.5 Å². The maximum atomic E-state index is 13.6. The van der Waals surface area contributed by atoms with Gasteiger partial charge in [0.25, 0.3) is 0 Å². The van der Waals surface area contributed by atoms with E-state index in [1.165, 1.54) is 27.2 Å². The van der Waals surface area contributed by atoms with E-state index >= 15 is 0 Å². The van der Waals surface area contributed by atoms with Crippen molar-refractivity contribution in [2.24, 2.45) is 0 Å². The minimum atomic E-state index is -3.89. The lowest BCUT2D eigenvalue weighted by molar-refractivity contribution is -0.140. The van der Waals surface area contributed by atoms with Crippen LogP contribution in [0.3, 0.4) is 0 Å². The predicted molar refractivity (Wildman–Crippen MR) is 146 cm³/mol. The van der Waals surface area contributed by atoms with Crippen molar-refractivity contribution in [1.82, 2.24) is 24.7 Å². The summed E-state index contributed by atoms with van der Waals surface area (Å²) in [6, 6.07) is 1.69. The quantitative estimate of drug-likeness (QED) is 0.376. The van der Waals surface area contributed by atoms with Crippen molar-refractivity contribution in [1.29, 1.82) is 0 Å². The first kappa shape index (κ1) is 29.0. The van der Waals surface area contributed by atoms with Gasteiger partial charge in [0.15, 0.2) is 5.78 Å². The van der Waals surface area contributed by atoms with Gasteiger partial charge in [-0.2, -0.15) is 4.72 Å². The van der Waals surface area contributed by atoms with Crippen LogP contribution in [0.4, 0.5) is 4.79 Å². The number of rotatable bonds is 10. The second-order valence-corrected chi connectivity index (χ2v) is 13.4. The fourth-order valence-electron chi connectivity index (χ4n) is 5.46. The van der Waals surface area contributed by atoms with Crippen LogP contribution < -0.4 is 10.0 Å². The number of carbonyl (C=O) groups is 3. The number of carboxylic acid groups (broad SMARTS) is 1. The Bertz CT molecular complexity index is 1170. The van der Waals surface area contributed by atoms with Crippen molar-refractivity contribution in [2.75, 3.05) is 39.8 Å². The van der Waals surface area contributed by atoms with Crippen LogP contribution >= 0.6 is 22.9 Å². The zero-order chi connectivity index (χ0) is 27.4. The highest BCUT2D eigenvalue weighted by Crippen LogP contribution is 2.25. The summed E-state index contributed by atoms with van der Waals surface area (Å²) in [5.41, 5.74) is 0. The van der Waals surface area contributed by atoms with Crippen molar-refractivity contribution in [2.45, 2.75) is 56.3 Å². The van der Waals surface area contributed by atoms with Gasteiger partial charge in [0.05, 0.1) is 16.9 Å². The summed E-state index contributed by atoms with van der Waals surface area (Å²) in [4.78, 5) is 43.7. The first-order valence-corrected chi connectivity index (χ1v) is 15.5. The van der Waals surface area contributed by atoms with Gasteiger partial charge in [0.1, 0.15) is 6.04 Å². The van der Waals surface area contributed by atoms with Gasteiger partial charge in [0.2, 0.25) is 15.9 Å². The number of likely N-dealkylation sites (tertiary alicyclic amines) is 2. The zero-order valence-electron chi connectivity index (χ0n) is 21.2. The molecular formula is C24H34ClN5O6S2. The number of halogens is 1. The summed E-state index contributed by atoms with van der Waals surface area (Å²) in [5.74, 6) is -0.530. The summed E-state index contributed by atoms with van der Waals surface area (Å²) in [6.45, 7) is 2.11. The SMILES string of the molecule is CN(C(=O)O)C1CCN(C(C(=O)CN2CCC[C@H](NS(=O)(=O)C=Cc3ccc(Cl)s3)C2=O)C2CCCN2)C1. The average Bonchev–Trinajstić information content (AvgIpc) is 3.63. The number of hydrogen-bond donors (Lipinski definition) is 3. The molecule has 38 heavy (non-hydrogen) atoms. The number of nitrogens with one attached hydrogen (secondary N) is 2. The molecule has 0 spiro atoms. The van der Waals surface area contributed by atoms with E-state index in [0.717, 1.165) is 24.8 Å². The number of nitrogens with zero attached hydrogens (tertiary/aromatic N) is 3. The van der Waals surface area contributed by atoms with Crippen LogP contribution in [0.2, 0.25) is 4.34 Å². The van der Waals surface area contributed by atoms with E-state index in [9.17, 15) is 27.9 Å². The highest BCUT2D eigenvalue weighted by molar-refractivity contribution is 7.92. The molecule has 0 aromatic carbocycles. The Morgan fingerprint density at radius 2 is 2.08 bits per heavy atom. The van der Waals surface area contributed by atoms with E-state index in [-0.39, 0.29) is 24.4 Å².